The fourth-order valence-corrected chi connectivity index (χ4v) is 1.60. The minimum Gasteiger partial charge on any atom is -0.374 e. The topological polar surface area (TPSA) is 40.2 Å². The summed E-state index contributed by atoms with van der Waals surface area (Å²) in [6.45, 7) is 7.13. The fraction of sp³-hybridized carbons (Fsp3) is 0.600. The monoisotopic (exact) mass is 266 g/mol. The van der Waals surface area contributed by atoms with Crippen molar-refractivity contribution in [3.63, 3.8) is 0 Å². The van der Waals surface area contributed by atoms with Gasteiger partial charge in [-0.1, -0.05) is 29.8 Å². The molecule has 1 fully saturated rings. The van der Waals surface area contributed by atoms with Gasteiger partial charge in [0.15, 0.2) is 6.29 Å². The van der Waals surface area contributed by atoms with E-state index in [1.165, 1.54) is 11.1 Å². The van der Waals surface area contributed by atoms with Crippen LogP contribution in [-0.4, -0.2) is 38.8 Å². The maximum absolute atomic E-state index is 5.54. The minimum atomic E-state index is -0.202. The van der Waals surface area contributed by atoms with Crippen LogP contribution in [0.3, 0.4) is 0 Å². The molecule has 0 aliphatic carbocycles. The van der Waals surface area contributed by atoms with Crippen molar-refractivity contribution in [3.05, 3.63) is 35.4 Å². The Labute approximate surface area is 114 Å². The minimum absolute atomic E-state index is 0.202. The second-order valence-electron chi connectivity index (χ2n) is 4.77. The van der Waals surface area contributed by atoms with Crippen LogP contribution in [0.4, 0.5) is 0 Å². The van der Waals surface area contributed by atoms with Crippen molar-refractivity contribution in [2.24, 2.45) is 0 Å². The lowest BCUT2D eigenvalue weighted by molar-refractivity contribution is -0.142. The van der Waals surface area contributed by atoms with E-state index >= 15 is 0 Å². The van der Waals surface area contributed by atoms with Gasteiger partial charge < -0.3 is 18.9 Å². The Morgan fingerprint density at radius 1 is 1.21 bits per heavy atom. The first-order valence-corrected chi connectivity index (χ1v) is 6.72. The van der Waals surface area contributed by atoms with Crippen LogP contribution >= 0.6 is 0 Å². The van der Waals surface area contributed by atoms with Gasteiger partial charge in [0, 0.05) is 0 Å². The lowest BCUT2D eigenvalue weighted by Gasteiger charge is -2.13. The molecule has 0 radical (unpaired) electrons. The molecule has 1 aliphatic rings. The third kappa shape index (κ3) is 6.16. The summed E-state index contributed by atoms with van der Waals surface area (Å²) in [4.78, 5) is 0. The smallest absolute Gasteiger partial charge is 0.155 e. The van der Waals surface area contributed by atoms with Gasteiger partial charge in [0.2, 0.25) is 0 Å². The summed E-state index contributed by atoms with van der Waals surface area (Å²) < 4.78 is 21.5. The largest absolute Gasteiger partial charge is 0.374 e. The number of benzene rings is 1. The average Bonchev–Trinajstić information content (AvgIpc) is 3.22. The highest BCUT2D eigenvalue weighted by molar-refractivity contribution is 5.20. The molecule has 0 aromatic heterocycles. The molecule has 0 spiro atoms. The molecule has 0 N–H and O–H groups in total. The van der Waals surface area contributed by atoms with Crippen LogP contribution in [-0.2, 0) is 25.6 Å². The van der Waals surface area contributed by atoms with E-state index in [1.807, 2.05) is 6.92 Å². The van der Waals surface area contributed by atoms with Gasteiger partial charge >= 0.3 is 0 Å². The molecule has 106 valence electrons. The summed E-state index contributed by atoms with van der Waals surface area (Å²) in [6, 6.07) is 8.34. The highest BCUT2D eigenvalue weighted by atomic mass is 16.7. The number of ether oxygens (including phenoxy) is 4. The van der Waals surface area contributed by atoms with Crippen molar-refractivity contribution in [1.82, 2.24) is 0 Å². The molecule has 4 heteroatoms. The highest BCUT2D eigenvalue weighted by Gasteiger charge is 2.23. The molecule has 2 atom stereocenters. The van der Waals surface area contributed by atoms with Crippen molar-refractivity contribution in [1.29, 1.82) is 0 Å². The summed E-state index contributed by atoms with van der Waals surface area (Å²) in [5.41, 5.74) is 2.44. The Bertz CT molecular complexity index is 359. The summed E-state index contributed by atoms with van der Waals surface area (Å²) in [5, 5.41) is 0. The van der Waals surface area contributed by atoms with Crippen molar-refractivity contribution < 1.29 is 18.9 Å². The molecule has 19 heavy (non-hydrogen) atoms. The predicted octanol–water partition coefficient (Wildman–Crippen LogP) is 2.29. The van der Waals surface area contributed by atoms with Gasteiger partial charge in [-0.3, -0.25) is 0 Å². The summed E-state index contributed by atoms with van der Waals surface area (Å²) in [5.74, 6) is 0. The van der Waals surface area contributed by atoms with Gasteiger partial charge in [0.1, 0.15) is 6.10 Å². The first kappa shape index (κ1) is 14.5. The fourth-order valence-electron chi connectivity index (χ4n) is 1.60. The van der Waals surface area contributed by atoms with Gasteiger partial charge in [-0.25, -0.2) is 0 Å². The van der Waals surface area contributed by atoms with Crippen LogP contribution in [0.15, 0.2) is 24.3 Å². The molecule has 2 rings (SSSR count). The highest BCUT2D eigenvalue weighted by Crippen LogP contribution is 2.10. The van der Waals surface area contributed by atoms with Crippen LogP contribution in [0.2, 0.25) is 0 Å². The van der Waals surface area contributed by atoms with Gasteiger partial charge in [-0.2, -0.15) is 0 Å². The average molecular weight is 266 g/mol. The van der Waals surface area contributed by atoms with Crippen LogP contribution in [0.1, 0.15) is 18.1 Å². The van der Waals surface area contributed by atoms with E-state index in [9.17, 15) is 0 Å². The van der Waals surface area contributed by atoms with Crippen molar-refractivity contribution in [2.45, 2.75) is 32.8 Å². The van der Waals surface area contributed by atoms with Crippen LogP contribution in [0.25, 0.3) is 0 Å². The molecule has 2 unspecified atom stereocenters. The molecule has 1 aromatic carbocycles. The summed E-state index contributed by atoms with van der Waals surface area (Å²) in [6.07, 6.45) is 0.0796. The Kier molecular flexibility index (Phi) is 5.79. The van der Waals surface area contributed by atoms with Crippen molar-refractivity contribution >= 4 is 0 Å². The zero-order valence-corrected chi connectivity index (χ0v) is 11.6. The van der Waals surface area contributed by atoms with Gasteiger partial charge in [0.05, 0.1) is 33.0 Å². The number of hydrogen-bond acceptors (Lipinski definition) is 4. The molecule has 0 amide bonds. The summed E-state index contributed by atoms with van der Waals surface area (Å²) in [7, 11) is 0. The molecular formula is C15H22O4. The van der Waals surface area contributed by atoms with Crippen LogP contribution in [0.5, 0.6) is 0 Å². The number of rotatable bonds is 9. The van der Waals surface area contributed by atoms with Crippen molar-refractivity contribution in [3.8, 4) is 0 Å². The number of hydrogen-bond donors (Lipinski definition) is 0. The molecule has 1 aliphatic heterocycles. The van der Waals surface area contributed by atoms with E-state index in [1.54, 1.807) is 0 Å². The Hall–Kier alpha value is -0.940. The molecule has 4 nitrogen and oxygen atoms in total. The standard InChI is InChI=1S/C15H22O4/c1-12-3-5-14(6-4-12)9-16-7-8-17-13(2)18-10-15-11-19-15/h3-6,13,15H,7-11H2,1-2H3. The quantitative estimate of drug-likeness (QED) is 0.390. The molecule has 1 heterocycles. The van der Waals surface area contributed by atoms with E-state index in [-0.39, 0.29) is 12.4 Å². The van der Waals surface area contributed by atoms with Crippen LogP contribution < -0.4 is 0 Å². The maximum atomic E-state index is 5.54. The van der Waals surface area contributed by atoms with Gasteiger partial charge in [0.25, 0.3) is 0 Å². The lowest BCUT2D eigenvalue weighted by Crippen LogP contribution is -2.18. The van der Waals surface area contributed by atoms with E-state index in [2.05, 4.69) is 31.2 Å². The third-order valence-electron chi connectivity index (χ3n) is 2.89. The second kappa shape index (κ2) is 7.60. The molecule has 1 saturated heterocycles. The third-order valence-corrected chi connectivity index (χ3v) is 2.89. The Balaban J connectivity index is 1.48. The van der Waals surface area contributed by atoms with E-state index in [0.717, 1.165) is 6.61 Å². The second-order valence-corrected chi connectivity index (χ2v) is 4.77. The summed E-state index contributed by atoms with van der Waals surface area (Å²) >= 11 is 0. The predicted molar refractivity (Wildman–Crippen MR) is 71.9 cm³/mol. The molecule has 0 saturated carbocycles. The normalized spacial score (nSPS) is 19.4. The maximum Gasteiger partial charge on any atom is 0.155 e. The molecule has 0 bridgehead atoms. The zero-order chi connectivity index (χ0) is 13.5. The number of aryl methyl sites for hydroxylation is 1. The zero-order valence-electron chi connectivity index (χ0n) is 11.6. The van der Waals surface area contributed by atoms with Crippen molar-refractivity contribution in [2.75, 3.05) is 26.4 Å². The SMILES string of the molecule is Cc1ccc(COCCOC(C)OCC2CO2)cc1. The first-order valence-electron chi connectivity index (χ1n) is 6.72. The van der Waals surface area contributed by atoms with E-state index < -0.39 is 0 Å². The van der Waals surface area contributed by atoms with E-state index in [0.29, 0.717) is 26.4 Å². The van der Waals surface area contributed by atoms with Gasteiger partial charge in [-0.15, -0.1) is 0 Å². The van der Waals surface area contributed by atoms with Crippen LogP contribution in [0, 0.1) is 6.92 Å². The molecule has 1 aromatic rings. The molecular weight excluding hydrogens is 244 g/mol. The van der Waals surface area contributed by atoms with E-state index in [4.69, 9.17) is 18.9 Å². The number of epoxide rings is 1. The lowest BCUT2D eigenvalue weighted by atomic mass is 10.2. The Morgan fingerprint density at radius 2 is 1.95 bits per heavy atom. The van der Waals surface area contributed by atoms with Gasteiger partial charge in [-0.05, 0) is 19.4 Å². The Morgan fingerprint density at radius 3 is 2.63 bits per heavy atom. The first-order chi connectivity index (χ1) is 9.24.